The Labute approximate surface area is 126 Å². The first-order valence-corrected chi connectivity index (χ1v) is 6.30. The summed E-state index contributed by atoms with van der Waals surface area (Å²) >= 11 is 5.85. The number of carbonyl (C=O) groups is 1. The van der Waals surface area contributed by atoms with Crippen LogP contribution < -0.4 is 10.2 Å². The summed E-state index contributed by atoms with van der Waals surface area (Å²) in [5.41, 5.74) is 3.17. The highest BCUT2D eigenvalue weighted by atomic mass is 35.5. The molecule has 0 atom stereocenters. The molecule has 7 heteroatoms. The first kappa shape index (κ1) is 14.8. The number of nitrogens with one attached hydrogen (secondary N) is 1. The van der Waals surface area contributed by atoms with Gasteiger partial charge in [-0.15, -0.1) is 0 Å². The number of aromatic hydroxyl groups is 1. The highest BCUT2D eigenvalue weighted by Gasteiger charge is 2.08. The van der Waals surface area contributed by atoms with Crippen LogP contribution in [0.15, 0.2) is 41.6 Å². The van der Waals surface area contributed by atoms with Gasteiger partial charge in [-0.25, -0.2) is 5.43 Å². The van der Waals surface area contributed by atoms with E-state index in [-0.39, 0.29) is 22.2 Å². The lowest BCUT2D eigenvalue weighted by Crippen LogP contribution is -2.18. The van der Waals surface area contributed by atoms with E-state index in [0.717, 1.165) is 0 Å². The summed E-state index contributed by atoms with van der Waals surface area (Å²) < 4.78 is 4.97. The standard InChI is InChI=1S/C14H12ClN3O3/c1-21-12-7-9(6-10(15)13(12)19)8-17-18-14(20)11-4-2-3-5-16-11/h2-8,19H,1H3,(H,18,20). The fourth-order valence-electron chi connectivity index (χ4n) is 1.54. The molecule has 0 aliphatic rings. The molecule has 2 aromatic rings. The molecule has 0 bridgehead atoms. The monoisotopic (exact) mass is 305 g/mol. The Morgan fingerprint density at radius 1 is 1.48 bits per heavy atom. The summed E-state index contributed by atoms with van der Waals surface area (Å²) in [7, 11) is 1.41. The third kappa shape index (κ3) is 3.70. The SMILES string of the molecule is COc1cc(C=NNC(=O)c2ccccn2)cc(Cl)c1O. The summed E-state index contributed by atoms with van der Waals surface area (Å²) in [6.45, 7) is 0. The van der Waals surface area contributed by atoms with Crippen LogP contribution in [0.25, 0.3) is 0 Å². The molecule has 1 aromatic heterocycles. The van der Waals surface area contributed by atoms with E-state index in [1.165, 1.54) is 31.7 Å². The Balaban J connectivity index is 2.08. The molecule has 21 heavy (non-hydrogen) atoms. The van der Waals surface area contributed by atoms with Gasteiger partial charge >= 0.3 is 0 Å². The molecule has 0 aliphatic heterocycles. The van der Waals surface area contributed by atoms with Crippen molar-refractivity contribution in [2.45, 2.75) is 0 Å². The Hall–Kier alpha value is -2.60. The zero-order chi connectivity index (χ0) is 15.2. The fraction of sp³-hybridized carbons (Fsp3) is 0.0714. The van der Waals surface area contributed by atoms with Crippen molar-refractivity contribution in [1.29, 1.82) is 0 Å². The Morgan fingerprint density at radius 2 is 2.29 bits per heavy atom. The number of hydrogen-bond acceptors (Lipinski definition) is 5. The lowest BCUT2D eigenvalue weighted by atomic mass is 10.2. The van der Waals surface area contributed by atoms with Crippen LogP contribution in [0.4, 0.5) is 0 Å². The molecule has 0 saturated heterocycles. The molecule has 1 aromatic carbocycles. The minimum absolute atomic E-state index is 0.131. The Kier molecular flexibility index (Phi) is 4.73. The number of aromatic nitrogens is 1. The van der Waals surface area contributed by atoms with Gasteiger partial charge in [0.15, 0.2) is 11.5 Å². The fourth-order valence-corrected chi connectivity index (χ4v) is 1.76. The number of nitrogens with zero attached hydrogens (tertiary/aromatic N) is 2. The van der Waals surface area contributed by atoms with E-state index in [0.29, 0.717) is 5.56 Å². The molecular formula is C14H12ClN3O3. The van der Waals surface area contributed by atoms with Crippen LogP contribution in [0.1, 0.15) is 16.1 Å². The van der Waals surface area contributed by atoms with Crippen molar-refractivity contribution >= 4 is 23.7 Å². The van der Waals surface area contributed by atoms with Crippen LogP contribution in [-0.2, 0) is 0 Å². The highest BCUT2D eigenvalue weighted by molar-refractivity contribution is 6.32. The number of halogens is 1. The maximum absolute atomic E-state index is 11.7. The van der Waals surface area contributed by atoms with Crippen LogP contribution in [-0.4, -0.2) is 29.3 Å². The molecule has 2 rings (SSSR count). The second-order valence-corrected chi connectivity index (χ2v) is 4.37. The Bertz CT molecular complexity index is 675. The van der Waals surface area contributed by atoms with Gasteiger partial charge in [-0.2, -0.15) is 5.10 Å². The minimum Gasteiger partial charge on any atom is -0.503 e. The van der Waals surface area contributed by atoms with Crippen LogP contribution >= 0.6 is 11.6 Å². The van der Waals surface area contributed by atoms with E-state index in [1.807, 2.05) is 0 Å². The van der Waals surface area contributed by atoms with Crippen molar-refractivity contribution < 1.29 is 14.6 Å². The van der Waals surface area contributed by atoms with Crippen molar-refractivity contribution in [2.75, 3.05) is 7.11 Å². The molecule has 0 radical (unpaired) electrons. The quantitative estimate of drug-likeness (QED) is 0.670. The number of pyridine rings is 1. The van der Waals surface area contributed by atoms with Gasteiger partial charge in [0.05, 0.1) is 18.3 Å². The van der Waals surface area contributed by atoms with Crippen molar-refractivity contribution in [3.05, 3.63) is 52.8 Å². The first-order valence-electron chi connectivity index (χ1n) is 5.92. The molecule has 108 valence electrons. The average molecular weight is 306 g/mol. The Morgan fingerprint density at radius 3 is 2.95 bits per heavy atom. The third-order valence-corrected chi connectivity index (χ3v) is 2.84. The summed E-state index contributed by atoms with van der Waals surface area (Å²) in [6, 6.07) is 8.03. The number of phenols is 1. The molecule has 0 saturated carbocycles. The molecule has 1 heterocycles. The van der Waals surface area contributed by atoms with Gasteiger partial charge in [-0.3, -0.25) is 9.78 Å². The van der Waals surface area contributed by atoms with E-state index in [4.69, 9.17) is 16.3 Å². The number of methoxy groups -OCH3 is 1. The zero-order valence-corrected chi connectivity index (χ0v) is 11.8. The van der Waals surface area contributed by atoms with Gasteiger partial charge in [0.1, 0.15) is 5.69 Å². The molecule has 0 spiro atoms. The second-order valence-electron chi connectivity index (χ2n) is 3.97. The molecule has 0 unspecified atom stereocenters. The van der Waals surface area contributed by atoms with Crippen LogP contribution in [0.2, 0.25) is 5.02 Å². The zero-order valence-electron chi connectivity index (χ0n) is 11.1. The number of rotatable bonds is 4. The van der Waals surface area contributed by atoms with Crippen LogP contribution in [0.3, 0.4) is 0 Å². The predicted octanol–water partition coefficient (Wildman–Crippen LogP) is 2.21. The highest BCUT2D eigenvalue weighted by Crippen LogP contribution is 2.34. The number of carbonyl (C=O) groups excluding carboxylic acids is 1. The van der Waals surface area contributed by atoms with Gasteiger partial charge < -0.3 is 9.84 Å². The molecule has 2 N–H and O–H groups in total. The number of benzene rings is 1. The van der Waals surface area contributed by atoms with Crippen LogP contribution in [0, 0.1) is 0 Å². The average Bonchev–Trinajstić information content (AvgIpc) is 2.51. The lowest BCUT2D eigenvalue weighted by Gasteiger charge is -2.06. The van der Waals surface area contributed by atoms with E-state index in [9.17, 15) is 9.90 Å². The van der Waals surface area contributed by atoms with Gasteiger partial charge in [-0.05, 0) is 29.8 Å². The van der Waals surface area contributed by atoms with Crippen molar-refractivity contribution in [1.82, 2.24) is 10.4 Å². The molecule has 0 aliphatic carbocycles. The van der Waals surface area contributed by atoms with E-state index in [2.05, 4.69) is 15.5 Å². The molecule has 0 fully saturated rings. The number of amides is 1. The van der Waals surface area contributed by atoms with Crippen molar-refractivity contribution in [3.8, 4) is 11.5 Å². The predicted molar refractivity (Wildman–Crippen MR) is 79.0 cm³/mol. The normalized spacial score (nSPS) is 10.6. The summed E-state index contributed by atoms with van der Waals surface area (Å²) in [4.78, 5) is 15.6. The number of ether oxygens (including phenoxy) is 1. The van der Waals surface area contributed by atoms with Gasteiger partial charge in [0, 0.05) is 6.20 Å². The van der Waals surface area contributed by atoms with Gasteiger partial charge in [0.25, 0.3) is 5.91 Å². The molecular weight excluding hydrogens is 294 g/mol. The second kappa shape index (κ2) is 6.71. The maximum Gasteiger partial charge on any atom is 0.289 e. The largest absolute Gasteiger partial charge is 0.503 e. The first-order chi connectivity index (χ1) is 10.1. The van der Waals surface area contributed by atoms with Crippen molar-refractivity contribution in [2.24, 2.45) is 5.10 Å². The van der Waals surface area contributed by atoms with Gasteiger partial charge in [-0.1, -0.05) is 17.7 Å². The maximum atomic E-state index is 11.7. The van der Waals surface area contributed by atoms with E-state index < -0.39 is 5.91 Å². The number of hydrogen-bond donors (Lipinski definition) is 2. The summed E-state index contributed by atoms with van der Waals surface area (Å²) in [5.74, 6) is -0.350. The number of phenolic OH excluding ortho intramolecular Hbond substituents is 1. The molecule has 6 nitrogen and oxygen atoms in total. The summed E-state index contributed by atoms with van der Waals surface area (Å²) in [6.07, 6.45) is 2.90. The third-order valence-electron chi connectivity index (χ3n) is 2.55. The smallest absolute Gasteiger partial charge is 0.289 e. The van der Waals surface area contributed by atoms with Gasteiger partial charge in [0.2, 0.25) is 0 Å². The minimum atomic E-state index is -0.427. The lowest BCUT2D eigenvalue weighted by molar-refractivity contribution is 0.0950. The van der Waals surface area contributed by atoms with Crippen LogP contribution in [0.5, 0.6) is 11.5 Å². The molecule has 1 amide bonds. The van der Waals surface area contributed by atoms with Crippen molar-refractivity contribution in [3.63, 3.8) is 0 Å². The van der Waals surface area contributed by atoms with E-state index >= 15 is 0 Å². The summed E-state index contributed by atoms with van der Waals surface area (Å²) in [5, 5.41) is 13.5. The van der Waals surface area contributed by atoms with E-state index in [1.54, 1.807) is 18.2 Å². The number of hydrazone groups is 1. The topological polar surface area (TPSA) is 83.8 Å².